The van der Waals surface area contributed by atoms with Gasteiger partial charge in [0.25, 0.3) is 0 Å². The van der Waals surface area contributed by atoms with Crippen LogP contribution in [-0.4, -0.2) is 46.4 Å². The Morgan fingerprint density at radius 2 is 1.45 bits per heavy atom. The summed E-state index contributed by atoms with van der Waals surface area (Å²) in [6, 6.07) is 12.2. The molecule has 0 bridgehead atoms. The van der Waals surface area contributed by atoms with E-state index in [2.05, 4.69) is 0 Å². The number of Topliss-reactive ketones (excluding diaryl/α,β-unsaturated/α-hetero) is 2. The fourth-order valence-corrected chi connectivity index (χ4v) is 6.62. The smallest absolute Gasteiger partial charge is 0.240 e. The summed E-state index contributed by atoms with van der Waals surface area (Å²) in [5, 5.41) is 0. The molecule has 3 saturated heterocycles. The van der Waals surface area contributed by atoms with Gasteiger partial charge in [0, 0.05) is 17.2 Å². The minimum atomic E-state index is -1.59. The lowest BCUT2D eigenvalue weighted by molar-refractivity contribution is -0.124. The quantitative estimate of drug-likeness (QED) is 0.530. The van der Waals surface area contributed by atoms with Crippen LogP contribution in [0.2, 0.25) is 0 Å². The van der Waals surface area contributed by atoms with Gasteiger partial charge in [-0.1, -0.05) is 42.5 Å². The lowest BCUT2D eigenvalue weighted by atomic mass is 9.76. The first-order valence-electron chi connectivity index (χ1n) is 10.8. The van der Waals surface area contributed by atoms with Crippen molar-refractivity contribution in [2.75, 3.05) is 11.4 Å². The standard InChI is InChI=1S/C25H22N2O4/c1-13-7-5-8-14(2)20(13)27-23(30)18-17-11-6-12-26(17)25(19(18)24(27)31)21(28)15-9-3-4-10-16(15)22(25)29/h3-5,7-10,17-19H,6,11-12H2,1-2H3/t17-,18+,19+/m1/s1. The van der Waals surface area contributed by atoms with Crippen LogP contribution in [-0.2, 0) is 9.59 Å². The maximum Gasteiger partial charge on any atom is 0.240 e. The van der Waals surface area contributed by atoms with Crippen molar-refractivity contribution >= 4 is 29.1 Å². The molecular formula is C25H22N2O4. The molecule has 0 radical (unpaired) electrons. The molecule has 0 saturated carbocycles. The van der Waals surface area contributed by atoms with Crippen molar-refractivity contribution in [3.63, 3.8) is 0 Å². The molecule has 31 heavy (non-hydrogen) atoms. The van der Waals surface area contributed by atoms with Crippen LogP contribution in [0.1, 0.15) is 44.7 Å². The summed E-state index contributed by atoms with van der Waals surface area (Å²) in [6.45, 7) is 4.29. The first-order valence-corrected chi connectivity index (χ1v) is 10.8. The SMILES string of the molecule is Cc1cccc(C)c1N1C(=O)[C@H]2[C@H]3CCCN3C3(C(=O)c4ccccc4C3=O)[C@@H]2C1=O. The van der Waals surface area contributed by atoms with Gasteiger partial charge in [0.2, 0.25) is 11.8 Å². The van der Waals surface area contributed by atoms with Crippen molar-refractivity contribution in [3.05, 3.63) is 64.7 Å². The summed E-state index contributed by atoms with van der Waals surface area (Å²) < 4.78 is 0. The second-order valence-corrected chi connectivity index (χ2v) is 9.13. The molecule has 156 valence electrons. The number of para-hydroxylation sites is 1. The van der Waals surface area contributed by atoms with Crippen molar-refractivity contribution in [1.29, 1.82) is 0 Å². The molecule has 1 spiro atoms. The number of amides is 2. The Kier molecular flexibility index (Phi) is 3.59. The van der Waals surface area contributed by atoms with Crippen LogP contribution in [0.5, 0.6) is 0 Å². The fraction of sp³-hybridized carbons (Fsp3) is 0.360. The molecule has 2 amide bonds. The molecule has 0 unspecified atom stereocenters. The van der Waals surface area contributed by atoms with Crippen molar-refractivity contribution < 1.29 is 19.2 Å². The highest BCUT2D eigenvalue weighted by Crippen LogP contribution is 2.57. The molecule has 6 rings (SSSR count). The van der Waals surface area contributed by atoms with E-state index >= 15 is 0 Å². The van der Waals surface area contributed by atoms with Crippen LogP contribution in [0.25, 0.3) is 0 Å². The Hall–Kier alpha value is -3.12. The number of carbonyl (C=O) groups excluding carboxylic acids is 4. The largest absolute Gasteiger partial charge is 0.291 e. The second kappa shape index (κ2) is 5.98. The highest BCUT2D eigenvalue weighted by molar-refractivity contribution is 6.38. The molecule has 0 N–H and O–H groups in total. The Morgan fingerprint density at radius 1 is 0.839 bits per heavy atom. The van der Waals surface area contributed by atoms with Gasteiger partial charge in [-0.15, -0.1) is 0 Å². The number of nitrogens with zero attached hydrogens (tertiary/aromatic N) is 2. The summed E-state index contributed by atoms with van der Waals surface area (Å²) in [5.74, 6) is -2.99. The first kappa shape index (κ1) is 18.6. The van der Waals surface area contributed by atoms with E-state index in [1.54, 1.807) is 24.3 Å². The van der Waals surface area contributed by atoms with E-state index in [9.17, 15) is 19.2 Å². The molecular weight excluding hydrogens is 392 g/mol. The fourth-order valence-electron chi connectivity index (χ4n) is 6.62. The molecule has 6 heteroatoms. The number of carbonyl (C=O) groups is 4. The summed E-state index contributed by atoms with van der Waals surface area (Å²) >= 11 is 0. The highest BCUT2D eigenvalue weighted by atomic mass is 16.2. The summed E-state index contributed by atoms with van der Waals surface area (Å²) in [5.41, 5.74) is 1.38. The van der Waals surface area contributed by atoms with E-state index in [-0.39, 0.29) is 23.5 Å². The zero-order valence-corrected chi connectivity index (χ0v) is 17.4. The third-order valence-corrected chi connectivity index (χ3v) is 7.74. The van der Waals surface area contributed by atoms with E-state index in [1.165, 1.54) is 4.90 Å². The van der Waals surface area contributed by atoms with Crippen molar-refractivity contribution in [3.8, 4) is 0 Å². The Morgan fingerprint density at radius 3 is 2.06 bits per heavy atom. The Balaban J connectivity index is 1.57. The zero-order valence-electron chi connectivity index (χ0n) is 17.4. The number of aryl methyl sites for hydroxylation is 2. The van der Waals surface area contributed by atoms with Gasteiger partial charge < -0.3 is 0 Å². The third kappa shape index (κ3) is 1.97. The number of imide groups is 1. The number of fused-ring (bicyclic) bond motifs is 6. The summed E-state index contributed by atoms with van der Waals surface area (Å²) in [7, 11) is 0. The predicted octanol–water partition coefficient (Wildman–Crippen LogP) is 2.71. The molecule has 3 aliphatic heterocycles. The molecule has 3 fully saturated rings. The normalized spacial score (nSPS) is 28.6. The highest BCUT2D eigenvalue weighted by Gasteiger charge is 2.76. The maximum absolute atomic E-state index is 13.9. The van der Waals surface area contributed by atoms with Crippen LogP contribution in [0.4, 0.5) is 5.69 Å². The number of hydrogen-bond donors (Lipinski definition) is 0. The van der Waals surface area contributed by atoms with E-state index in [4.69, 9.17) is 0 Å². The van der Waals surface area contributed by atoms with Crippen LogP contribution in [0.15, 0.2) is 42.5 Å². The molecule has 6 nitrogen and oxygen atoms in total. The van der Waals surface area contributed by atoms with Gasteiger partial charge in [-0.2, -0.15) is 0 Å². The number of anilines is 1. The van der Waals surface area contributed by atoms with E-state index in [1.807, 2.05) is 36.9 Å². The lowest BCUT2D eigenvalue weighted by Gasteiger charge is -2.35. The van der Waals surface area contributed by atoms with Gasteiger partial charge >= 0.3 is 0 Å². The first-order chi connectivity index (χ1) is 14.9. The molecule has 3 heterocycles. The number of benzene rings is 2. The van der Waals surface area contributed by atoms with Gasteiger partial charge in [0.1, 0.15) is 0 Å². The monoisotopic (exact) mass is 414 g/mol. The van der Waals surface area contributed by atoms with E-state index < -0.39 is 23.3 Å². The van der Waals surface area contributed by atoms with Gasteiger partial charge in [-0.25, -0.2) is 4.90 Å². The van der Waals surface area contributed by atoms with E-state index in [0.29, 0.717) is 29.8 Å². The Bertz CT molecular complexity index is 1160. The minimum absolute atomic E-state index is 0.266. The number of ketones is 2. The van der Waals surface area contributed by atoms with Gasteiger partial charge in [0.15, 0.2) is 17.1 Å². The molecule has 4 aliphatic rings. The average Bonchev–Trinajstić information content (AvgIpc) is 3.44. The van der Waals surface area contributed by atoms with Crippen molar-refractivity contribution in [2.45, 2.75) is 38.3 Å². The average molecular weight is 414 g/mol. The van der Waals surface area contributed by atoms with Gasteiger partial charge in [0.05, 0.1) is 17.5 Å². The van der Waals surface area contributed by atoms with Crippen molar-refractivity contribution in [2.24, 2.45) is 11.8 Å². The third-order valence-electron chi connectivity index (χ3n) is 7.74. The number of rotatable bonds is 1. The molecule has 2 aromatic carbocycles. The van der Waals surface area contributed by atoms with Crippen LogP contribution in [0.3, 0.4) is 0 Å². The summed E-state index contributed by atoms with van der Waals surface area (Å²) in [4.78, 5) is 58.4. The van der Waals surface area contributed by atoms with Crippen LogP contribution < -0.4 is 4.90 Å². The van der Waals surface area contributed by atoms with Crippen molar-refractivity contribution in [1.82, 2.24) is 4.90 Å². The second-order valence-electron chi connectivity index (χ2n) is 9.13. The predicted molar refractivity (Wildman–Crippen MR) is 113 cm³/mol. The maximum atomic E-state index is 13.9. The molecule has 3 atom stereocenters. The lowest BCUT2D eigenvalue weighted by Crippen LogP contribution is -2.59. The molecule has 1 aliphatic carbocycles. The van der Waals surface area contributed by atoms with Gasteiger partial charge in [-0.3, -0.25) is 24.1 Å². The van der Waals surface area contributed by atoms with Gasteiger partial charge in [-0.05, 0) is 44.4 Å². The zero-order chi connectivity index (χ0) is 21.7. The summed E-state index contributed by atoms with van der Waals surface area (Å²) in [6.07, 6.45) is 1.51. The van der Waals surface area contributed by atoms with E-state index in [0.717, 1.165) is 17.5 Å². The molecule has 0 aromatic heterocycles. The Labute approximate surface area is 179 Å². The van der Waals surface area contributed by atoms with Crippen LogP contribution in [0, 0.1) is 25.7 Å². The molecule has 2 aromatic rings. The minimum Gasteiger partial charge on any atom is -0.291 e. The van der Waals surface area contributed by atoms with Crippen LogP contribution >= 0.6 is 0 Å². The topological polar surface area (TPSA) is 74.8 Å². The number of hydrogen-bond acceptors (Lipinski definition) is 5.